The van der Waals surface area contributed by atoms with Crippen LogP contribution >= 0.6 is 12.4 Å². The van der Waals surface area contributed by atoms with Crippen LogP contribution in [-0.4, -0.2) is 23.4 Å². The molecule has 0 bridgehead atoms. The minimum atomic E-state index is 0. The van der Waals surface area contributed by atoms with Gasteiger partial charge in [-0.25, -0.2) is 0 Å². The Morgan fingerprint density at radius 3 is 2.56 bits per heavy atom. The number of carbonyl (C=O) groups is 1. The zero-order valence-corrected chi connectivity index (χ0v) is 15.8. The van der Waals surface area contributed by atoms with E-state index in [1.54, 1.807) is 0 Å². The van der Waals surface area contributed by atoms with E-state index < -0.39 is 0 Å². The van der Waals surface area contributed by atoms with Gasteiger partial charge in [0.15, 0.2) is 0 Å². The highest BCUT2D eigenvalue weighted by Gasteiger charge is 2.33. The Bertz CT molecular complexity index is 731. The predicted octanol–water partition coefficient (Wildman–Crippen LogP) is 4.34. The van der Waals surface area contributed by atoms with Crippen molar-refractivity contribution in [2.75, 3.05) is 12.3 Å². The second kappa shape index (κ2) is 8.39. The molecule has 1 heterocycles. The summed E-state index contributed by atoms with van der Waals surface area (Å²) in [6.45, 7) is 5.14. The molecule has 3 rings (SSSR count). The molecule has 2 atom stereocenters. The molecule has 25 heavy (non-hydrogen) atoms. The summed E-state index contributed by atoms with van der Waals surface area (Å²) in [6.07, 6.45) is 2.28. The van der Waals surface area contributed by atoms with Crippen LogP contribution in [0.5, 0.6) is 0 Å². The number of para-hydroxylation sites is 1. The third-order valence-electron chi connectivity index (χ3n) is 5.19. The van der Waals surface area contributed by atoms with Crippen molar-refractivity contribution in [2.24, 2.45) is 0 Å². The minimum Gasteiger partial charge on any atom is -0.399 e. The molecule has 3 nitrogen and oxygen atoms in total. The number of nitrogens with two attached hydrogens (primary N) is 1. The average Bonchev–Trinajstić information content (AvgIpc) is 2.96. The number of likely N-dealkylation sites (tertiary alicyclic amines) is 1. The molecule has 0 aliphatic carbocycles. The van der Waals surface area contributed by atoms with Crippen LogP contribution < -0.4 is 5.73 Å². The van der Waals surface area contributed by atoms with Crippen molar-refractivity contribution in [2.45, 2.75) is 45.1 Å². The summed E-state index contributed by atoms with van der Waals surface area (Å²) in [5.41, 5.74) is 10.5. The molecule has 0 saturated carbocycles. The van der Waals surface area contributed by atoms with Crippen molar-refractivity contribution in [1.29, 1.82) is 0 Å². The number of carbonyl (C=O) groups excluding carboxylic acids is 1. The number of amides is 1. The summed E-state index contributed by atoms with van der Waals surface area (Å²) in [4.78, 5) is 14.7. The maximum Gasteiger partial charge on any atom is 0.223 e. The van der Waals surface area contributed by atoms with E-state index in [4.69, 9.17) is 5.73 Å². The SMILES string of the molecule is Cc1ccccc1C1CC(C)N(C(=O)CCc2ccccc2N)C1.Cl. The molecular weight excluding hydrogens is 332 g/mol. The molecule has 0 spiro atoms. The number of halogens is 1. The van der Waals surface area contributed by atoms with E-state index in [0.717, 1.165) is 24.2 Å². The van der Waals surface area contributed by atoms with Gasteiger partial charge in [-0.15, -0.1) is 12.4 Å². The minimum absolute atomic E-state index is 0. The monoisotopic (exact) mass is 358 g/mol. The van der Waals surface area contributed by atoms with Gasteiger partial charge in [-0.1, -0.05) is 42.5 Å². The Morgan fingerprint density at radius 1 is 1.16 bits per heavy atom. The number of aryl methyl sites for hydroxylation is 2. The summed E-state index contributed by atoms with van der Waals surface area (Å²) in [6, 6.07) is 16.6. The highest BCUT2D eigenvalue weighted by molar-refractivity contribution is 5.85. The van der Waals surface area contributed by atoms with Gasteiger partial charge in [-0.05, 0) is 49.4 Å². The topological polar surface area (TPSA) is 46.3 Å². The van der Waals surface area contributed by atoms with Crippen LogP contribution in [0.2, 0.25) is 0 Å². The van der Waals surface area contributed by atoms with Crippen LogP contribution in [0.1, 0.15) is 42.4 Å². The summed E-state index contributed by atoms with van der Waals surface area (Å²) in [5, 5.41) is 0. The molecule has 0 aromatic heterocycles. The molecule has 2 unspecified atom stereocenters. The molecule has 1 fully saturated rings. The highest BCUT2D eigenvalue weighted by Crippen LogP contribution is 2.33. The van der Waals surface area contributed by atoms with Crippen molar-refractivity contribution in [3.63, 3.8) is 0 Å². The third-order valence-corrected chi connectivity index (χ3v) is 5.19. The van der Waals surface area contributed by atoms with Gasteiger partial charge in [0.05, 0.1) is 0 Å². The first-order valence-corrected chi connectivity index (χ1v) is 8.74. The fraction of sp³-hybridized carbons (Fsp3) is 0.381. The first-order valence-electron chi connectivity index (χ1n) is 8.74. The number of benzene rings is 2. The van der Waals surface area contributed by atoms with Crippen LogP contribution in [0.3, 0.4) is 0 Å². The molecule has 1 saturated heterocycles. The highest BCUT2D eigenvalue weighted by atomic mass is 35.5. The Kier molecular flexibility index (Phi) is 6.49. The van der Waals surface area contributed by atoms with Crippen LogP contribution in [0.4, 0.5) is 5.69 Å². The zero-order chi connectivity index (χ0) is 17.1. The fourth-order valence-electron chi connectivity index (χ4n) is 3.80. The van der Waals surface area contributed by atoms with Crippen molar-refractivity contribution < 1.29 is 4.79 Å². The van der Waals surface area contributed by atoms with E-state index in [1.807, 2.05) is 24.3 Å². The lowest BCUT2D eigenvalue weighted by molar-refractivity contribution is -0.131. The van der Waals surface area contributed by atoms with Gasteiger partial charge in [-0.2, -0.15) is 0 Å². The Hall–Kier alpha value is -2.00. The fourth-order valence-corrected chi connectivity index (χ4v) is 3.80. The van der Waals surface area contributed by atoms with E-state index in [2.05, 4.69) is 43.0 Å². The molecule has 2 aromatic rings. The summed E-state index contributed by atoms with van der Waals surface area (Å²) < 4.78 is 0. The van der Waals surface area contributed by atoms with Gasteiger partial charge < -0.3 is 10.6 Å². The van der Waals surface area contributed by atoms with Gasteiger partial charge in [-0.3, -0.25) is 4.79 Å². The van der Waals surface area contributed by atoms with Crippen LogP contribution in [-0.2, 0) is 11.2 Å². The molecule has 134 valence electrons. The number of anilines is 1. The third kappa shape index (κ3) is 4.35. The number of rotatable bonds is 4. The zero-order valence-electron chi connectivity index (χ0n) is 14.9. The second-order valence-electron chi connectivity index (χ2n) is 6.88. The summed E-state index contributed by atoms with van der Waals surface area (Å²) >= 11 is 0. The normalized spacial score (nSPS) is 19.5. The molecule has 1 aliphatic rings. The smallest absolute Gasteiger partial charge is 0.223 e. The lowest BCUT2D eigenvalue weighted by Gasteiger charge is -2.22. The second-order valence-corrected chi connectivity index (χ2v) is 6.88. The average molecular weight is 359 g/mol. The van der Waals surface area contributed by atoms with Gasteiger partial charge in [0.2, 0.25) is 5.91 Å². The first kappa shape index (κ1) is 19.3. The van der Waals surface area contributed by atoms with E-state index in [9.17, 15) is 4.79 Å². The molecule has 4 heteroatoms. The quantitative estimate of drug-likeness (QED) is 0.826. The predicted molar refractivity (Wildman–Crippen MR) is 106 cm³/mol. The maximum atomic E-state index is 12.7. The molecule has 1 aliphatic heterocycles. The maximum absolute atomic E-state index is 12.7. The Labute approximate surface area is 156 Å². The summed E-state index contributed by atoms with van der Waals surface area (Å²) in [7, 11) is 0. The van der Waals surface area contributed by atoms with E-state index in [0.29, 0.717) is 24.8 Å². The molecule has 2 N–H and O–H groups in total. The van der Waals surface area contributed by atoms with Gasteiger partial charge in [0.25, 0.3) is 0 Å². The van der Waals surface area contributed by atoms with Crippen LogP contribution in [0.15, 0.2) is 48.5 Å². The standard InChI is InChI=1S/C21H26N2O.ClH/c1-15-7-3-5-9-19(15)18-13-16(2)23(14-18)21(24)12-11-17-8-4-6-10-20(17)22;/h3-10,16,18H,11-14,22H2,1-2H3;1H. The van der Waals surface area contributed by atoms with Crippen molar-refractivity contribution >= 4 is 24.0 Å². The number of nitrogens with zero attached hydrogens (tertiary/aromatic N) is 1. The number of hydrogen-bond donors (Lipinski definition) is 1. The van der Waals surface area contributed by atoms with E-state index >= 15 is 0 Å². The molecule has 0 radical (unpaired) electrons. The van der Waals surface area contributed by atoms with Crippen molar-refractivity contribution in [1.82, 2.24) is 4.90 Å². The first-order chi connectivity index (χ1) is 11.6. The lowest BCUT2D eigenvalue weighted by Crippen LogP contribution is -2.34. The molecule has 2 aromatic carbocycles. The summed E-state index contributed by atoms with van der Waals surface area (Å²) in [5.74, 6) is 0.689. The largest absolute Gasteiger partial charge is 0.399 e. The van der Waals surface area contributed by atoms with Gasteiger partial charge in [0, 0.05) is 30.6 Å². The Balaban J connectivity index is 0.00000225. The molecular formula is C21H27ClN2O. The van der Waals surface area contributed by atoms with Crippen LogP contribution in [0, 0.1) is 6.92 Å². The number of nitrogen functional groups attached to an aromatic ring is 1. The van der Waals surface area contributed by atoms with E-state index in [-0.39, 0.29) is 18.3 Å². The van der Waals surface area contributed by atoms with Gasteiger partial charge in [0.1, 0.15) is 0 Å². The molecule has 1 amide bonds. The van der Waals surface area contributed by atoms with E-state index in [1.165, 1.54) is 11.1 Å². The van der Waals surface area contributed by atoms with Crippen molar-refractivity contribution in [3.05, 3.63) is 65.2 Å². The van der Waals surface area contributed by atoms with Crippen LogP contribution in [0.25, 0.3) is 0 Å². The lowest BCUT2D eigenvalue weighted by atomic mass is 9.93. The Morgan fingerprint density at radius 2 is 1.84 bits per heavy atom. The van der Waals surface area contributed by atoms with Crippen molar-refractivity contribution in [3.8, 4) is 0 Å². The number of hydrogen-bond acceptors (Lipinski definition) is 2. The van der Waals surface area contributed by atoms with Gasteiger partial charge >= 0.3 is 0 Å².